The Hall–Kier alpha value is -3.98. The Morgan fingerprint density at radius 3 is 2.74 bits per heavy atom. The van der Waals surface area contributed by atoms with E-state index in [1.165, 1.54) is 12.4 Å². The van der Waals surface area contributed by atoms with Crippen molar-refractivity contribution in [2.45, 2.75) is 32.4 Å². The maximum absolute atomic E-state index is 12.9. The normalized spacial score (nSPS) is 16.7. The van der Waals surface area contributed by atoms with Crippen molar-refractivity contribution < 1.29 is 18.0 Å². The van der Waals surface area contributed by atoms with E-state index in [1.807, 2.05) is 19.9 Å². The predicted octanol–water partition coefficient (Wildman–Crippen LogP) is 1.15. The summed E-state index contributed by atoms with van der Waals surface area (Å²) in [6.45, 7) is 3.58. The maximum Gasteiger partial charge on any atom is 0.255 e. The molecule has 3 aromatic heterocycles. The van der Waals surface area contributed by atoms with Crippen LogP contribution in [-0.4, -0.2) is 64.9 Å². The topological polar surface area (TPSA) is 159 Å². The first-order valence-electron chi connectivity index (χ1n) is 11.1. The third-order valence-electron chi connectivity index (χ3n) is 5.49. The van der Waals surface area contributed by atoms with Gasteiger partial charge in [0.25, 0.3) is 5.91 Å². The molecule has 4 rings (SSSR count). The number of aromatic nitrogens is 3. The van der Waals surface area contributed by atoms with Gasteiger partial charge in [0, 0.05) is 42.1 Å². The highest BCUT2D eigenvalue weighted by molar-refractivity contribution is 7.91. The lowest BCUT2D eigenvalue weighted by Crippen LogP contribution is -2.42. The second-order valence-electron chi connectivity index (χ2n) is 8.67. The molecule has 1 atom stereocenters. The summed E-state index contributed by atoms with van der Waals surface area (Å²) in [5.74, 6) is -0.447. The fourth-order valence-corrected chi connectivity index (χ4v) is 5.57. The number of hydrogen-bond acceptors (Lipinski definition) is 8. The second kappa shape index (κ2) is 9.71. The number of hydrogen-bond donors (Lipinski definition) is 3. The largest absolute Gasteiger partial charge is 0.382 e. The van der Waals surface area contributed by atoms with Gasteiger partial charge in [-0.3, -0.25) is 14.2 Å². The Labute approximate surface area is 202 Å². The molecular formula is C23H25N7O4S. The van der Waals surface area contributed by atoms with E-state index in [2.05, 4.69) is 32.0 Å². The summed E-state index contributed by atoms with van der Waals surface area (Å²) in [5.41, 5.74) is 1.86. The van der Waals surface area contributed by atoms with E-state index in [0.29, 0.717) is 29.1 Å². The van der Waals surface area contributed by atoms with E-state index in [1.54, 1.807) is 22.9 Å². The van der Waals surface area contributed by atoms with E-state index in [4.69, 9.17) is 5.26 Å². The van der Waals surface area contributed by atoms with Crippen LogP contribution >= 0.6 is 0 Å². The third-order valence-corrected chi connectivity index (χ3v) is 7.26. The number of carbonyl (C=O) groups excluding carboxylic acids is 2. The van der Waals surface area contributed by atoms with E-state index >= 15 is 0 Å². The van der Waals surface area contributed by atoms with Crippen LogP contribution in [0.1, 0.15) is 36.2 Å². The molecule has 1 aliphatic rings. The molecule has 2 amide bonds. The van der Waals surface area contributed by atoms with Gasteiger partial charge in [-0.2, -0.15) is 5.26 Å². The average molecular weight is 496 g/mol. The van der Waals surface area contributed by atoms with Crippen LogP contribution in [0.25, 0.3) is 16.9 Å². The number of nitrogens with one attached hydrogen (secondary N) is 3. The number of nitriles is 1. The number of amides is 2. The monoisotopic (exact) mass is 495 g/mol. The van der Waals surface area contributed by atoms with Gasteiger partial charge >= 0.3 is 0 Å². The number of nitrogens with zero attached hydrogens (tertiary/aromatic N) is 4. The Kier molecular flexibility index (Phi) is 6.70. The molecule has 3 N–H and O–H groups in total. The molecule has 0 bridgehead atoms. The Morgan fingerprint density at radius 1 is 1.26 bits per heavy atom. The molecule has 0 radical (unpaired) electrons. The van der Waals surface area contributed by atoms with Gasteiger partial charge in [0.1, 0.15) is 17.5 Å². The fraction of sp³-hybridized carbons (Fsp3) is 0.348. The maximum atomic E-state index is 12.9. The summed E-state index contributed by atoms with van der Waals surface area (Å²) >= 11 is 0. The van der Waals surface area contributed by atoms with Crippen LogP contribution in [0.15, 0.2) is 36.8 Å². The van der Waals surface area contributed by atoms with Crippen LogP contribution in [0.2, 0.25) is 0 Å². The van der Waals surface area contributed by atoms with Crippen LogP contribution < -0.4 is 16.0 Å². The quantitative estimate of drug-likeness (QED) is 0.440. The molecule has 0 spiro atoms. The molecule has 4 heterocycles. The summed E-state index contributed by atoms with van der Waals surface area (Å²) in [6.07, 6.45) is 5.07. The highest BCUT2D eigenvalue weighted by Crippen LogP contribution is 2.23. The first-order chi connectivity index (χ1) is 16.6. The lowest BCUT2D eigenvalue weighted by molar-refractivity contribution is -0.120. The number of carbonyl (C=O) groups is 2. The minimum absolute atomic E-state index is 0.0159. The zero-order chi connectivity index (χ0) is 25.2. The molecule has 1 saturated heterocycles. The molecular weight excluding hydrogens is 470 g/mol. The van der Waals surface area contributed by atoms with Gasteiger partial charge in [0.2, 0.25) is 5.91 Å². The number of anilines is 1. The Morgan fingerprint density at radius 2 is 2.06 bits per heavy atom. The van der Waals surface area contributed by atoms with Crippen molar-refractivity contribution in [1.29, 1.82) is 5.26 Å². The molecule has 3 aromatic rings. The second-order valence-corrected chi connectivity index (χ2v) is 10.9. The smallest absolute Gasteiger partial charge is 0.255 e. The molecule has 0 aromatic carbocycles. The van der Waals surface area contributed by atoms with Gasteiger partial charge in [-0.25, -0.2) is 18.4 Å². The van der Waals surface area contributed by atoms with E-state index in [9.17, 15) is 18.0 Å². The van der Waals surface area contributed by atoms with Gasteiger partial charge < -0.3 is 16.0 Å². The lowest BCUT2D eigenvalue weighted by Gasteiger charge is -2.16. The van der Waals surface area contributed by atoms with Crippen LogP contribution in [0.3, 0.4) is 0 Å². The molecule has 1 fully saturated rings. The zero-order valence-corrected chi connectivity index (χ0v) is 20.1. The molecule has 12 heteroatoms. The van der Waals surface area contributed by atoms with Crippen molar-refractivity contribution >= 4 is 38.4 Å². The number of pyridine rings is 2. The summed E-state index contributed by atoms with van der Waals surface area (Å²) in [6, 6.07) is 6.93. The molecule has 35 heavy (non-hydrogen) atoms. The van der Waals surface area contributed by atoms with Gasteiger partial charge in [-0.1, -0.05) is 0 Å². The van der Waals surface area contributed by atoms with E-state index in [0.717, 1.165) is 5.39 Å². The Balaban J connectivity index is 1.51. The average Bonchev–Trinajstić information content (AvgIpc) is 3.38. The molecule has 1 unspecified atom stereocenters. The van der Waals surface area contributed by atoms with Crippen molar-refractivity contribution in [2.24, 2.45) is 0 Å². The fourth-order valence-electron chi connectivity index (χ4n) is 3.90. The number of rotatable bonds is 7. The number of sulfone groups is 1. The highest BCUT2D eigenvalue weighted by atomic mass is 32.2. The van der Waals surface area contributed by atoms with E-state index in [-0.39, 0.29) is 29.7 Å². The standard InChI is InChI=1S/C23H25N7O4S/c1-14(2)28-19-8-20(30-5-3-16-7-15(9-24)10-26-22(16)30)25-11-18(19)23(32)27-12-21(31)29-17-4-6-35(33,34)13-17/h3,5,7-8,10-11,14,17H,4,6,12-13H2,1-2H3,(H,25,28)(H,27,32)(H,29,31). The summed E-state index contributed by atoms with van der Waals surface area (Å²) in [7, 11) is -3.11. The third kappa shape index (κ3) is 5.58. The van der Waals surface area contributed by atoms with Crippen molar-refractivity contribution in [1.82, 2.24) is 25.2 Å². The van der Waals surface area contributed by atoms with Gasteiger partial charge in [0.05, 0.1) is 34.9 Å². The van der Waals surface area contributed by atoms with Crippen LogP contribution in [0.4, 0.5) is 5.69 Å². The summed E-state index contributed by atoms with van der Waals surface area (Å²) in [5, 5.41) is 18.3. The predicted molar refractivity (Wildman–Crippen MR) is 130 cm³/mol. The highest BCUT2D eigenvalue weighted by Gasteiger charge is 2.29. The van der Waals surface area contributed by atoms with Crippen molar-refractivity contribution in [2.75, 3.05) is 23.4 Å². The molecule has 1 aliphatic heterocycles. The zero-order valence-electron chi connectivity index (χ0n) is 19.3. The lowest BCUT2D eigenvalue weighted by atomic mass is 10.2. The van der Waals surface area contributed by atoms with Crippen molar-refractivity contribution in [3.63, 3.8) is 0 Å². The van der Waals surface area contributed by atoms with Gasteiger partial charge in [-0.05, 0) is 32.4 Å². The van der Waals surface area contributed by atoms with Crippen molar-refractivity contribution in [3.05, 3.63) is 47.9 Å². The minimum Gasteiger partial charge on any atom is -0.382 e. The first-order valence-corrected chi connectivity index (χ1v) is 12.9. The van der Waals surface area contributed by atoms with Crippen LogP contribution in [0, 0.1) is 11.3 Å². The molecule has 0 saturated carbocycles. The van der Waals surface area contributed by atoms with Crippen molar-refractivity contribution in [3.8, 4) is 11.9 Å². The summed E-state index contributed by atoms with van der Waals surface area (Å²) < 4.78 is 24.9. The minimum atomic E-state index is -3.11. The molecule has 0 aliphatic carbocycles. The molecule has 11 nitrogen and oxygen atoms in total. The van der Waals surface area contributed by atoms with E-state index < -0.39 is 27.7 Å². The van der Waals surface area contributed by atoms with Gasteiger partial charge in [-0.15, -0.1) is 0 Å². The number of fused-ring (bicyclic) bond motifs is 1. The Bertz CT molecular complexity index is 1440. The first kappa shape index (κ1) is 24.2. The van der Waals surface area contributed by atoms with Crippen LogP contribution in [-0.2, 0) is 14.6 Å². The van der Waals surface area contributed by atoms with Gasteiger partial charge in [0.15, 0.2) is 9.84 Å². The SMILES string of the molecule is CC(C)Nc1cc(-n2ccc3cc(C#N)cnc32)ncc1C(=O)NCC(=O)NC1CCS(=O)(=O)C1. The summed E-state index contributed by atoms with van der Waals surface area (Å²) in [4.78, 5) is 33.8. The molecule has 182 valence electrons. The van der Waals surface area contributed by atoms with Crippen LogP contribution in [0.5, 0.6) is 0 Å².